The Morgan fingerprint density at radius 3 is 2.64 bits per heavy atom. The van der Waals surface area contributed by atoms with Gasteiger partial charge < -0.3 is 15.0 Å². The molecule has 1 atom stereocenters. The van der Waals surface area contributed by atoms with Gasteiger partial charge in [-0.2, -0.15) is 0 Å². The van der Waals surface area contributed by atoms with E-state index in [0.717, 1.165) is 12.8 Å². The Morgan fingerprint density at radius 2 is 2.04 bits per heavy atom. The van der Waals surface area contributed by atoms with Crippen LogP contribution in [-0.4, -0.2) is 24.0 Å². The zero-order valence-electron chi connectivity index (χ0n) is 14.8. The first-order valence-electron chi connectivity index (χ1n) is 8.64. The summed E-state index contributed by atoms with van der Waals surface area (Å²) in [4.78, 5) is 29.1. The third kappa shape index (κ3) is 3.49. The maximum Gasteiger partial charge on any atom is 0.339 e. The number of esters is 1. The molecule has 3 rings (SSSR count). The maximum absolute atomic E-state index is 12.9. The molecule has 2 aromatic heterocycles. The van der Waals surface area contributed by atoms with Crippen LogP contribution >= 0.6 is 11.3 Å². The van der Waals surface area contributed by atoms with Gasteiger partial charge in [-0.05, 0) is 49.6 Å². The van der Waals surface area contributed by atoms with Crippen LogP contribution in [0.2, 0.25) is 0 Å². The molecule has 25 heavy (non-hydrogen) atoms. The predicted octanol–water partition coefficient (Wildman–Crippen LogP) is 4.14. The molecular weight excluding hydrogens is 336 g/mol. The van der Waals surface area contributed by atoms with Crippen molar-refractivity contribution < 1.29 is 14.3 Å². The predicted molar refractivity (Wildman–Crippen MR) is 98.1 cm³/mol. The highest BCUT2D eigenvalue weighted by molar-refractivity contribution is 7.10. The fourth-order valence-electron chi connectivity index (χ4n) is 3.78. The molecule has 5 nitrogen and oxygen atoms in total. The highest BCUT2D eigenvalue weighted by Crippen LogP contribution is 2.37. The molecule has 1 aliphatic carbocycles. The Labute approximate surface area is 151 Å². The van der Waals surface area contributed by atoms with E-state index >= 15 is 0 Å². The van der Waals surface area contributed by atoms with Gasteiger partial charge in [0.05, 0.1) is 18.7 Å². The van der Waals surface area contributed by atoms with Gasteiger partial charge in [-0.25, -0.2) is 4.79 Å². The van der Waals surface area contributed by atoms with E-state index in [4.69, 9.17) is 4.74 Å². The van der Waals surface area contributed by atoms with Crippen LogP contribution in [0.25, 0.3) is 0 Å². The number of methoxy groups -OCH3 is 1. The number of aryl methyl sites for hydroxylation is 1. The Morgan fingerprint density at radius 1 is 1.32 bits per heavy atom. The van der Waals surface area contributed by atoms with Gasteiger partial charge >= 0.3 is 5.97 Å². The number of amides is 1. The maximum atomic E-state index is 12.9. The second-order valence-corrected chi connectivity index (χ2v) is 7.61. The van der Waals surface area contributed by atoms with E-state index in [2.05, 4.69) is 16.4 Å². The van der Waals surface area contributed by atoms with Gasteiger partial charge in [0, 0.05) is 10.6 Å². The molecule has 1 amide bonds. The van der Waals surface area contributed by atoms with Crippen molar-refractivity contribution in [3.63, 3.8) is 0 Å². The van der Waals surface area contributed by atoms with E-state index < -0.39 is 5.97 Å². The molecule has 1 fully saturated rings. The lowest BCUT2D eigenvalue weighted by Gasteiger charge is -2.23. The van der Waals surface area contributed by atoms with Crippen molar-refractivity contribution in [2.45, 2.75) is 45.6 Å². The molecule has 2 N–H and O–H groups in total. The minimum absolute atomic E-state index is 0.0274. The zero-order chi connectivity index (χ0) is 18.0. The third-order valence-electron chi connectivity index (χ3n) is 5.06. The van der Waals surface area contributed by atoms with Crippen molar-refractivity contribution in [1.29, 1.82) is 0 Å². The van der Waals surface area contributed by atoms with Crippen molar-refractivity contribution >= 4 is 23.2 Å². The Balaban J connectivity index is 1.86. The number of aromatic nitrogens is 1. The van der Waals surface area contributed by atoms with Crippen LogP contribution in [0.5, 0.6) is 0 Å². The minimum Gasteiger partial charge on any atom is -0.465 e. The first-order chi connectivity index (χ1) is 12.0. The number of hydrogen-bond donors (Lipinski definition) is 2. The fourth-order valence-corrected chi connectivity index (χ4v) is 4.65. The van der Waals surface area contributed by atoms with E-state index in [1.807, 2.05) is 11.4 Å². The van der Waals surface area contributed by atoms with E-state index in [0.29, 0.717) is 28.4 Å². The second-order valence-electron chi connectivity index (χ2n) is 6.63. The molecule has 0 bridgehead atoms. The standard InChI is InChI=1S/C19H24N2O3S/c1-11-15(19(23)24-3)12(2)20-16(11)18(22)21-17(13-7-4-5-8-13)14-9-6-10-25-14/h6,9-10,13,17,20H,4-5,7-8H2,1-3H3,(H,21,22). The SMILES string of the molecule is COC(=O)c1c(C)[nH]c(C(=O)NC(c2cccs2)C2CCCC2)c1C. The van der Waals surface area contributed by atoms with E-state index in [9.17, 15) is 9.59 Å². The van der Waals surface area contributed by atoms with Gasteiger partial charge in [-0.3, -0.25) is 4.79 Å². The van der Waals surface area contributed by atoms with Gasteiger partial charge in [-0.1, -0.05) is 18.9 Å². The first kappa shape index (κ1) is 17.7. The molecule has 0 aromatic carbocycles. The monoisotopic (exact) mass is 360 g/mol. The topological polar surface area (TPSA) is 71.2 Å². The lowest BCUT2D eigenvalue weighted by molar-refractivity contribution is 0.0599. The van der Waals surface area contributed by atoms with Crippen molar-refractivity contribution in [3.05, 3.63) is 44.9 Å². The highest BCUT2D eigenvalue weighted by Gasteiger charge is 2.30. The molecule has 6 heteroatoms. The van der Waals surface area contributed by atoms with Crippen molar-refractivity contribution in [1.82, 2.24) is 10.3 Å². The summed E-state index contributed by atoms with van der Waals surface area (Å²) in [6, 6.07) is 4.13. The molecular formula is C19H24N2O3S. The average Bonchev–Trinajstić information content (AvgIpc) is 3.34. The minimum atomic E-state index is -0.420. The van der Waals surface area contributed by atoms with E-state index in [1.54, 1.807) is 25.2 Å². The number of carbonyl (C=O) groups is 2. The van der Waals surface area contributed by atoms with Crippen LogP contribution in [0.1, 0.15) is 68.7 Å². The fraction of sp³-hybridized carbons (Fsp3) is 0.474. The van der Waals surface area contributed by atoms with Crippen LogP contribution in [0.4, 0.5) is 0 Å². The van der Waals surface area contributed by atoms with Crippen molar-refractivity contribution in [2.24, 2.45) is 5.92 Å². The summed E-state index contributed by atoms with van der Waals surface area (Å²) >= 11 is 1.68. The first-order valence-corrected chi connectivity index (χ1v) is 9.52. The van der Waals surface area contributed by atoms with Gasteiger partial charge in [0.15, 0.2) is 0 Å². The number of nitrogens with one attached hydrogen (secondary N) is 2. The molecule has 0 saturated heterocycles. The largest absolute Gasteiger partial charge is 0.465 e. The molecule has 134 valence electrons. The van der Waals surface area contributed by atoms with Gasteiger partial charge in [-0.15, -0.1) is 11.3 Å². The average molecular weight is 360 g/mol. The molecule has 2 heterocycles. The number of rotatable bonds is 5. The summed E-state index contributed by atoms with van der Waals surface area (Å²) in [5.41, 5.74) is 2.18. The van der Waals surface area contributed by atoms with Crippen molar-refractivity contribution in [2.75, 3.05) is 7.11 Å². The van der Waals surface area contributed by atoms with E-state index in [-0.39, 0.29) is 11.9 Å². The molecule has 0 spiro atoms. The smallest absolute Gasteiger partial charge is 0.339 e. The summed E-state index contributed by atoms with van der Waals surface area (Å²) in [6.45, 7) is 3.56. The number of aromatic amines is 1. The molecule has 0 radical (unpaired) electrons. The van der Waals surface area contributed by atoms with Gasteiger partial charge in [0.25, 0.3) is 5.91 Å². The van der Waals surface area contributed by atoms with Crippen LogP contribution in [0, 0.1) is 19.8 Å². The summed E-state index contributed by atoms with van der Waals surface area (Å²) in [5, 5.41) is 5.25. The van der Waals surface area contributed by atoms with Gasteiger partial charge in [0.2, 0.25) is 0 Å². The quantitative estimate of drug-likeness (QED) is 0.787. The Hall–Kier alpha value is -2.08. The Kier molecular flexibility index (Phi) is 5.27. The summed E-state index contributed by atoms with van der Waals surface area (Å²) < 4.78 is 4.82. The Bertz CT molecular complexity index is 758. The van der Waals surface area contributed by atoms with E-state index in [1.165, 1.54) is 24.8 Å². The number of H-pyrrole nitrogens is 1. The number of hydrogen-bond acceptors (Lipinski definition) is 4. The third-order valence-corrected chi connectivity index (χ3v) is 6.02. The number of thiophene rings is 1. The van der Waals surface area contributed by atoms with Crippen LogP contribution < -0.4 is 5.32 Å². The molecule has 2 aromatic rings. The second kappa shape index (κ2) is 7.44. The summed E-state index contributed by atoms with van der Waals surface area (Å²) in [5.74, 6) is -0.115. The lowest BCUT2D eigenvalue weighted by atomic mass is 9.96. The highest BCUT2D eigenvalue weighted by atomic mass is 32.1. The lowest BCUT2D eigenvalue weighted by Crippen LogP contribution is -2.32. The molecule has 0 aliphatic heterocycles. The van der Waals surface area contributed by atoms with Gasteiger partial charge in [0.1, 0.15) is 5.69 Å². The van der Waals surface area contributed by atoms with Crippen LogP contribution in [-0.2, 0) is 4.74 Å². The summed E-state index contributed by atoms with van der Waals surface area (Å²) in [6.07, 6.45) is 4.71. The van der Waals surface area contributed by atoms with Crippen LogP contribution in [0.3, 0.4) is 0 Å². The molecule has 1 unspecified atom stereocenters. The number of carbonyl (C=O) groups excluding carboxylic acids is 2. The van der Waals surface area contributed by atoms with Crippen LogP contribution in [0.15, 0.2) is 17.5 Å². The molecule has 1 saturated carbocycles. The zero-order valence-corrected chi connectivity index (χ0v) is 15.7. The summed E-state index contributed by atoms with van der Waals surface area (Å²) in [7, 11) is 1.35. The van der Waals surface area contributed by atoms with Crippen molar-refractivity contribution in [3.8, 4) is 0 Å². The normalized spacial score (nSPS) is 16.0. The number of ether oxygens (including phenoxy) is 1. The molecule has 1 aliphatic rings.